The molecule has 1 aromatic heterocycles. The fourth-order valence-corrected chi connectivity index (χ4v) is 2.92. The fraction of sp³-hybridized carbons (Fsp3) is 0.100. The van der Waals surface area contributed by atoms with Crippen molar-refractivity contribution in [1.29, 1.82) is 0 Å². The molecule has 3 N–H and O–H groups in total. The van der Waals surface area contributed by atoms with E-state index >= 15 is 0 Å². The van der Waals surface area contributed by atoms with Gasteiger partial charge in [0.15, 0.2) is 0 Å². The zero-order valence-corrected chi connectivity index (χ0v) is 12.0. The summed E-state index contributed by atoms with van der Waals surface area (Å²) in [6, 6.07) is 1.81. The van der Waals surface area contributed by atoms with Gasteiger partial charge in [-0.3, -0.25) is 0 Å². The van der Waals surface area contributed by atoms with E-state index in [4.69, 9.17) is 10.2 Å². The molecule has 1 aromatic carbocycles. The number of nitrogens with one attached hydrogen (secondary N) is 1. The van der Waals surface area contributed by atoms with E-state index in [0.717, 1.165) is 12.1 Å². The summed E-state index contributed by atoms with van der Waals surface area (Å²) >= 11 is 2.90. The van der Waals surface area contributed by atoms with Gasteiger partial charge in [-0.25, -0.2) is 17.5 Å². The smallest absolute Gasteiger partial charge is 0.309 e. The van der Waals surface area contributed by atoms with E-state index in [0.29, 0.717) is 5.69 Å². The van der Waals surface area contributed by atoms with E-state index in [1.165, 1.54) is 6.26 Å². The highest BCUT2D eigenvalue weighted by Gasteiger charge is 2.21. The van der Waals surface area contributed by atoms with Crippen LogP contribution < -0.4 is 10.5 Å². The molecule has 6 nitrogen and oxygen atoms in total. The summed E-state index contributed by atoms with van der Waals surface area (Å²) in [6.45, 7) is 1.64. The van der Waals surface area contributed by atoms with Gasteiger partial charge in [0.2, 0.25) is 0 Å². The molecule has 0 aliphatic rings. The number of benzene rings is 1. The summed E-state index contributed by atoms with van der Waals surface area (Å²) in [7, 11) is -4.00. The summed E-state index contributed by atoms with van der Waals surface area (Å²) < 4.78 is 44.3. The van der Waals surface area contributed by atoms with Crippen LogP contribution in [0.5, 0.6) is 0 Å². The van der Waals surface area contributed by atoms with Crippen LogP contribution in [0.15, 0.2) is 32.2 Å². The average molecular weight is 350 g/mol. The van der Waals surface area contributed by atoms with Gasteiger partial charge in [0.05, 0.1) is 15.9 Å². The van der Waals surface area contributed by atoms with E-state index in [1.807, 2.05) is 0 Å². The van der Waals surface area contributed by atoms with E-state index in [9.17, 15) is 12.8 Å². The summed E-state index contributed by atoms with van der Waals surface area (Å²) in [5, 5.41) is 0. The predicted octanol–water partition coefficient (Wildman–Crippen LogP) is 2.27. The number of nitrogens with two attached hydrogens (primary N) is 1. The first-order chi connectivity index (χ1) is 8.79. The molecule has 0 saturated carbocycles. The number of aromatic nitrogens is 1. The maximum absolute atomic E-state index is 13.2. The molecule has 0 atom stereocenters. The maximum atomic E-state index is 13.2. The molecule has 0 spiro atoms. The van der Waals surface area contributed by atoms with Crippen LogP contribution in [-0.2, 0) is 10.0 Å². The lowest BCUT2D eigenvalue weighted by Gasteiger charge is -2.08. The van der Waals surface area contributed by atoms with Crippen molar-refractivity contribution in [2.45, 2.75) is 11.8 Å². The molecule has 0 radical (unpaired) electrons. The molecule has 9 heteroatoms. The number of sulfonamides is 1. The Kier molecular flexibility index (Phi) is 3.50. The molecule has 0 aliphatic heterocycles. The lowest BCUT2D eigenvalue weighted by atomic mass is 10.3. The van der Waals surface area contributed by atoms with Crippen LogP contribution in [0.3, 0.4) is 0 Å². The molecule has 0 unspecified atom stereocenters. The Hall–Kier alpha value is -1.61. The molecule has 0 aliphatic carbocycles. The monoisotopic (exact) mass is 349 g/mol. The zero-order valence-electron chi connectivity index (χ0n) is 9.65. The lowest BCUT2D eigenvalue weighted by Crippen LogP contribution is -2.15. The number of hydrogen-bond acceptors (Lipinski definition) is 5. The van der Waals surface area contributed by atoms with E-state index in [-0.39, 0.29) is 21.1 Å². The molecule has 2 rings (SSSR count). The minimum Gasteiger partial charge on any atom is -0.431 e. The Labute approximate surface area is 117 Å². The summed E-state index contributed by atoms with van der Waals surface area (Å²) in [4.78, 5) is 3.54. The van der Waals surface area contributed by atoms with Gasteiger partial charge < -0.3 is 10.2 Å². The third-order valence-electron chi connectivity index (χ3n) is 2.18. The standard InChI is InChI=1S/C10H9BrFN3O3S/c1-5-4-18-10(14-5)15-19(16,17)9-2-6(11)7(12)3-8(9)13/h2-4H,13H2,1H3,(H,14,15). The van der Waals surface area contributed by atoms with E-state index in [1.54, 1.807) is 6.92 Å². The van der Waals surface area contributed by atoms with Gasteiger partial charge in [0.25, 0.3) is 10.0 Å². The Morgan fingerprint density at radius 1 is 1.47 bits per heavy atom. The first kappa shape index (κ1) is 13.8. The average Bonchev–Trinajstić information content (AvgIpc) is 2.68. The van der Waals surface area contributed by atoms with Gasteiger partial charge >= 0.3 is 6.01 Å². The second-order valence-electron chi connectivity index (χ2n) is 3.70. The topological polar surface area (TPSA) is 98.2 Å². The highest BCUT2D eigenvalue weighted by Crippen LogP contribution is 2.27. The number of oxazole rings is 1. The van der Waals surface area contributed by atoms with Crippen LogP contribution in [0.2, 0.25) is 0 Å². The number of anilines is 2. The highest BCUT2D eigenvalue weighted by molar-refractivity contribution is 9.10. The summed E-state index contributed by atoms with van der Waals surface area (Å²) in [5.74, 6) is -0.650. The largest absolute Gasteiger partial charge is 0.431 e. The first-order valence-electron chi connectivity index (χ1n) is 4.99. The van der Waals surface area contributed by atoms with Gasteiger partial charge in [-0.1, -0.05) is 0 Å². The predicted molar refractivity (Wildman–Crippen MR) is 70.6 cm³/mol. The fourth-order valence-electron chi connectivity index (χ4n) is 1.35. The van der Waals surface area contributed by atoms with Crippen molar-refractivity contribution in [1.82, 2.24) is 4.98 Å². The normalized spacial score (nSPS) is 11.5. The van der Waals surface area contributed by atoms with Crippen molar-refractivity contribution in [2.75, 3.05) is 10.5 Å². The number of nitrogens with zero attached hydrogens (tertiary/aromatic N) is 1. The molecule has 1 heterocycles. The van der Waals surface area contributed by atoms with E-state index in [2.05, 4.69) is 25.6 Å². The quantitative estimate of drug-likeness (QED) is 0.828. The number of rotatable bonds is 3. The number of aryl methyl sites for hydroxylation is 1. The Balaban J connectivity index is 2.42. The van der Waals surface area contributed by atoms with Crippen molar-refractivity contribution in [3.8, 4) is 0 Å². The van der Waals surface area contributed by atoms with Gasteiger partial charge in [-0.15, -0.1) is 0 Å². The van der Waals surface area contributed by atoms with Crippen LogP contribution >= 0.6 is 15.9 Å². The Bertz CT molecular complexity index is 730. The van der Waals surface area contributed by atoms with Crippen molar-refractivity contribution in [2.24, 2.45) is 0 Å². The van der Waals surface area contributed by atoms with Crippen LogP contribution in [0.4, 0.5) is 16.1 Å². The van der Waals surface area contributed by atoms with E-state index < -0.39 is 15.8 Å². The van der Waals surface area contributed by atoms with Crippen molar-refractivity contribution < 1.29 is 17.2 Å². The maximum Gasteiger partial charge on any atom is 0.309 e. The second kappa shape index (κ2) is 4.82. The van der Waals surface area contributed by atoms with Crippen molar-refractivity contribution >= 4 is 37.7 Å². The van der Waals surface area contributed by atoms with Gasteiger partial charge in [-0.2, -0.15) is 4.98 Å². The molecular weight excluding hydrogens is 341 g/mol. The molecule has 0 fully saturated rings. The van der Waals surface area contributed by atoms with Gasteiger partial charge in [0, 0.05) is 0 Å². The van der Waals surface area contributed by atoms with Gasteiger partial charge in [0.1, 0.15) is 17.0 Å². The zero-order chi connectivity index (χ0) is 14.2. The second-order valence-corrected chi connectivity index (χ2v) is 6.21. The van der Waals surface area contributed by atoms with Crippen molar-refractivity contribution in [3.05, 3.63) is 34.4 Å². The third-order valence-corrected chi connectivity index (χ3v) is 4.17. The minimum absolute atomic E-state index is 0.00865. The van der Waals surface area contributed by atoms with Crippen LogP contribution in [0.25, 0.3) is 0 Å². The molecule has 0 bridgehead atoms. The summed E-state index contributed by atoms with van der Waals surface area (Å²) in [6.07, 6.45) is 1.29. The Morgan fingerprint density at radius 2 is 2.16 bits per heavy atom. The number of nitrogen functional groups attached to an aromatic ring is 1. The van der Waals surface area contributed by atoms with Crippen LogP contribution in [-0.4, -0.2) is 13.4 Å². The molecular formula is C10H9BrFN3O3S. The minimum atomic E-state index is -4.00. The number of hydrogen-bond donors (Lipinski definition) is 2. The lowest BCUT2D eigenvalue weighted by molar-refractivity contribution is 0.569. The summed E-state index contributed by atoms with van der Waals surface area (Å²) in [5.41, 5.74) is 5.81. The molecule has 19 heavy (non-hydrogen) atoms. The number of halogens is 2. The molecule has 2 aromatic rings. The molecule has 0 amide bonds. The van der Waals surface area contributed by atoms with Gasteiger partial charge in [-0.05, 0) is 35.0 Å². The van der Waals surface area contributed by atoms with Crippen molar-refractivity contribution in [3.63, 3.8) is 0 Å². The molecule has 0 saturated heterocycles. The third kappa shape index (κ3) is 2.87. The highest BCUT2D eigenvalue weighted by atomic mass is 79.9. The Morgan fingerprint density at radius 3 is 2.74 bits per heavy atom. The van der Waals surface area contributed by atoms with Crippen LogP contribution in [0.1, 0.15) is 5.69 Å². The van der Waals surface area contributed by atoms with Crippen LogP contribution in [0, 0.1) is 12.7 Å². The molecule has 102 valence electrons. The SMILES string of the molecule is Cc1coc(NS(=O)(=O)c2cc(Br)c(F)cc2N)n1. The first-order valence-corrected chi connectivity index (χ1v) is 7.26.